The van der Waals surface area contributed by atoms with Gasteiger partial charge in [0.15, 0.2) is 0 Å². The fourth-order valence-electron chi connectivity index (χ4n) is 1.46. The van der Waals surface area contributed by atoms with Crippen LogP contribution in [0.15, 0.2) is 23.1 Å². The standard InChI is InChI=1S/C12H18ClN3O3S/c1-2-6-15-12(17)5-7-16-20(18,19)11-4-3-9(14)8-10(11)13/h3-4,8,16H,2,5-7,14H2,1H3,(H,15,17). The van der Waals surface area contributed by atoms with Crippen molar-refractivity contribution in [3.8, 4) is 0 Å². The molecule has 0 fully saturated rings. The van der Waals surface area contributed by atoms with Crippen LogP contribution in [-0.2, 0) is 14.8 Å². The minimum absolute atomic E-state index is 0.0125. The molecule has 4 N–H and O–H groups in total. The average Bonchev–Trinajstić information content (AvgIpc) is 2.35. The predicted molar refractivity (Wildman–Crippen MR) is 79.0 cm³/mol. The van der Waals surface area contributed by atoms with Gasteiger partial charge < -0.3 is 11.1 Å². The van der Waals surface area contributed by atoms with Gasteiger partial charge in [-0.15, -0.1) is 0 Å². The maximum absolute atomic E-state index is 12.0. The van der Waals surface area contributed by atoms with Gasteiger partial charge >= 0.3 is 0 Å². The van der Waals surface area contributed by atoms with E-state index in [4.69, 9.17) is 17.3 Å². The number of benzene rings is 1. The quantitative estimate of drug-likeness (QED) is 0.655. The van der Waals surface area contributed by atoms with Crippen molar-refractivity contribution in [3.63, 3.8) is 0 Å². The molecule has 1 aromatic carbocycles. The number of nitrogens with two attached hydrogens (primary N) is 1. The summed E-state index contributed by atoms with van der Waals surface area (Å²) in [5.41, 5.74) is 5.89. The van der Waals surface area contributed by atoms with Crippen LogP contribution in [0.25, 0.3) is 0 Å². The van der Waals surface area contributed by atoms with Crippen molar-refractivity contribution in [2.24, 2.45) is 0 Å². The number of carbonyl (C=O) groups excluding carboxylic acids is 1. The maximum Gasteiger partial charge on any atom is 0.242 e. The smallest absolute Gasteiger partial charge is 0.242 e. The van der Waals surface area contributed by atoms with Crippen molar-refractivity contribution in [3.05, 3.63) is 23.2 Å². The Morgan fingerprint density at radius 1 is 1.35 bits per heavy atom. The number of halogens is 1. The lowest BCUT2D eigenvalue weighted by Gasteiger charge is -2.09. The Hall–Kier alpha value is -1.31. The second-order valence-corrected chi connectivity index (χ2v) is 6.33. The van der Waals surface area contributed by atoms with E-state index in [9.17, 15) is 13.2 Å². The SMILES string of the molecule is CCCNC(=O)CCNS(=O)(=O)c1ccc(N)cc1Cl. The molecule has 20 heavy (non-hydrogen) atoms. The van der Waals surface area contributed by atoms with Gasteiger partial charge in [-0.3, -0.25) is 4.79 Å². The average molecular weight is 320 g/mol. The van der Waals surface area contributed by atoms with E-state index in [1.165, 1.54) is 18.2 Å². The number of rotatable bonds is 7. The van der Waals surface area contributed by atoms with Crippen molar-refractivity contribution >= 4 is 33.2 Å². The van der Waals surface area contributed by atoms with Crippen molar-refractivity contribution in [1.29, 1.82) is 0 Å². The van der Waals surface area contributed by atoms with Gasteiger partial charge in [0.1, 0.15) is 4.90 Å². The molecule has 1 rings (SSSR count). The first kappa shape index (κ1) is 16.7. The van der Waals surface area contributed by atoms with Crippen molar-refractivity contribution in [1.82, 2.24) is 10.0 Å². The Labute approximate surface area is 123 Å². The fraction of sp³-hybridized carbons (Fsp3) is 0.417. The Morgan fingerprint density at radius 2 is 2.05 bits per heavy atom. The Balaban J connectivity index is 2.60. The number of nitrogen functional groups attached to an aromatic ring is 1. The Kier molecular flexibility index (Phi) is 6.25. The summed E-state index contributed by atoms with van der Waals surface area (Å²) < 4.78 is 26.3. The van der Waals surface area contributed by atoms with Gasteiger partial charge in [-0.1, -0.05) is 18.5 Å². The molecule has 0 saturated carbocycles. The monoisotopic (exact) mass is 319 g/mol. The molecular formula is C12H18ClN3O3S. The van der Waals surface area contributed by atoms with Crippen LogP contribution >= 0.6 is 11.6 Å². The second kappa shape index (κ2) is 7.47. The molecule has 0 unspecified atom stereocenters. The highest BCUT2D eigenvalue weighted by atomic mass is 35.5. The fourth-order valence-corrected chi connectivity index (χ4v) is 3.05. The molecule has 0 spiro atoms. The molecule has 0 aliphatic heterocycles. The van der Waals surface area contributed by atoms with Gasteiger partial charge in [0.05, 0.1) is 5.02 Å². The lowest BCUT2D eigenvalue weighted by molar-refractivity contribution is -0.120. The van der Waals surface area contributed by atoms with Gasteiger partial charge in [-0.05, 0) is 24.6 Å². The summed E-state index contributed by atoms with van der Waals surface area (Å²) in [7, 11) is -3.74. The predicted octanol–water partition coefficient (Wildman–Crippen LogP) is 1.12. The molecule has 0 radical (unpaired) electrons. The van der Waals surface area contributed by atoms with E-state index in [1.807, 2.05) is 6.92 Å². The molecule has 0 aliphatic carbocycles. The van der Waals surface area contributed by atoms with Crippen molar-refractivity contribution < 1.29 is 13.2 Å². The molecule has 0 aromatic heterocycles. The maximum atomic E-state index is 12.0. The van der Waals surface area contributed by atoms with Crippen LogP contribution in [0, 0.1) is 0 Å². The second-order valence-electron chi connectivity index (χ2n) is 4.19. The van der Waals surface area contributed by atoms with E-state index in [2.05, 4.69) is 10.0 Å². The summed E-state index contributed by atoms with van der Waals surface area (Å²) in [6.45, 7) is 2.53. The summed E-state index contributed by atoms with van der Waals surface area (Å²) in [5.74, 6) is -0.196. The van der Waals surface area contributed by atoms with Crippen LogP contribution in [0.2, 0.25) is 5.02 Å². The van der Waals surface area contributed by atoms with Gasteiger partial charge in [-0.25, -0.2) is 13.1 Å². The van der Waals surface area contributed by atoms with Crippen molar-refractivity contribution in [2.75, 3.05) is 18.8 Å². The van der Waals surface area contributed by atoms with Gasteiger partial charge in [-0.2, -0.15) is 0 Å². The molecule has 112 valence electrons. The summed E-state index contributed by atoms with van der Waals surface area (Å²) in [4.78, 5) is 11.3. The van der Waals surface area contributed by atoms with Crippen LogP contribution in [0.4, 0.5) is 5.69 Å². The zero-order valence-electron chi connectivity index (χ0n) is 11.1. The summed E-state index contributed by atoms with van der Waals surface area (Å²) in [6, 6.07) is 4.15. The van der Waals surface area contributed by atoms with E-state index < -0.39 is 10.0 Å². The van der Waals surface area contributed by atoms with Crippen molar-refractivity contribution in [2.45, 2.75) is 24.7 Å². The van der Waals surface area contributed by atoms with E-state index in [0.29, 0.717) is 12.2 Å². The molecule has 6 nitrogen and oxygen atoms in total. The lowest BCUT2D eigenvalue weighted by Crippen LogP contribution is -2.31. The van der Waals surface area contributed by atoms with Crippen LogP contribution in [0.3, 0.4) is 0 Å². The highest BCUT2D eigenvalue weighted by Gasteiger charge is 2.17. The molecule has 0 atom stereocenters. The van der Waals surface area contributed by atoms with E-state index in [-0.39, 0.29) is 28.8 Å². The number of hydrogen-bond donors (Lipinski definition) is 3. The zero-order chi connectivity index (χ0) is 15.2. The topological polar surface area (TPSA) is 101 Å². The molecule has 8 heteroatoms. The van der Waals surface area contributed by atoms with Gasteiger partial charge in [0, 0.05) is 25.2 Å². The number of sulfonamides is 1. The first-order valence-electron chi connectivity index (χ1n) is 6.18. The summed E-state index contributed by atoms with van der Waals surface area (Å²) >= 11 is 5.85. The molecule has 0 aliphatic rings. The summed E-state index contributed by atoms with van der Waals surface area (Å²) in [6.07, 6.45) is 0.907. The van der Waals surface area contributed by atoms with E-state index in [1.54, 1.807) is 0 Å². The molecule has 0 bridgehead atoms. The van der Waals surface area contributed by atoms with Crippen LogP contribution < -0.4 is 15.8 Å². The molecule has 0 heterocycles. The molecular weight excluding hydrogens is 302 g/mol. The van der Waals surface area contributed by atoms with Crippen LogP contribution in [0.5, 0.6) is 0 Å². The number of hydrogen-bond acceptors (Lipinski definition) is 4. The summed E-state index contributed by atoms with van der Waals surface area (Å²) in [5, 5.41) is 2.71. The van der Waals surface area contributed by atoms with Crippen LogP contribution in [0.1, 0.15) is 19.8 Å². The number of amides is 1. The minimum atomic E-state index is -3.74. The number of anilines is 1. The third-order valence-corrected chi connectivity index (χ3v) is 4.41. The first-order chi connectivity index (χ1) is 9.36. The zero-order valence-corrected chi connectivity index (χ0v) is 12.7. The minimum Gasteiger partial charge on any atom is -0.399 e. The highest BCUT2D eigenvalue weighted by molar-refractivity contribution is 7.89. The lowest BCUT2D eigenvalue weighted by atomic mass is 10.3. The number of nitrogens with one attached hydrogen (secondary N) is 2. The largest absolute Gasteiger partial charge is 0.399 e. The Bertz CT molecular complexity index is 575. The van der Waals surface area contributed by atoms with Crippen LogP contribution in [-0.4, -0.2) is 27.4 Å². The van der Waals surface area contributed by atoms with E-state index in [0.717, 1.165) is 6.42 Å². The number of carbonyl (C=O) groups is 1. The third-order valence-electron chi connectivity index (χ3n) is 2.46. The van der Waals surface area contributed by atoms with Gasteiger partial charge in [0.25, 0.3) is 0 Å². The first-order valence-corrected chi connectivity index (χ1v) is 8.04. The third kappa shape index (κ3) is 4.99. The Morgan fingerprint density at radius 3 is 2.65 bits per heavy atom. The molecule has 0 saturated heterocycles. The normalized spacial score (nSPS) is 11.3. The van der Waals surface area contributed by atoms with E-state index >= 15 is 0 Å². The van der Waals surface area contributed by atoms with Gasteiger partial charge in [0.2, 0.25) is 15.9 Å². The molecule has 1 aromatic rings. The highest BCUT2D eigenvalue weighted by Crippen LogP contribution is 2.23. The molecule has 1 amide bonds.